The molecule has 0 saturated carbocycles. The Morgan fingerprint density at radius 1 is 1.55 bits per heavy atom. The lowest BCUT2D eigenvalue weighted by Gasteiger charge is -2.33. The van der Waals surface area contributed by atoms with Gasteiger partial charge in [-0.1, -0.05) is 0 Å². The van der Waals surface area contributed by atoms with Gasteiger partial charge in [0.2, 0.25) is 5.69 Å². The predicted molar refractivity (Wildman–Crippen MR) is 72.2 cm³/mol. The van der Waals surface area contributed by atoms with Crippen molar-refractivity contribution in [3.05, 3.63) is 27.9 Å². The van der Waals surface area contributed by atoms with Crippen LogP contribution in [0.5, 0.6) is 0 Å². The van der Waals surface area contributed by atoms with E-state index in [1.165, 1.54) is 6.07 Å². The lowest BCUT2D eigenvalue weighted by molar-refractivity contribution is -0.385. The fourth-order valence-electron chi connectivity index (χ4n) is 2.46. The fourth-order valence-corrected chi connectivity index (χ4v) is 2.46. The van der Waals surface area contributed by atoms with Crippen LogP contribution in [0.15, 0.2) is 12.1 Å². The van der Waals surface area contributed by atoms with Gasteiger partial charge in [-0.15, -0.1) is 0 Å². The van der Waals surface area contributed by atoms with Gasteiger partial charge in [-0.3, -0.25) is 10.1 Å². The van der Waals surface area contributed by atoms with Crippen LogP contribution in [0.2, 0.25) is 0 Å². The number of nitro groups is 1. The van der Waals surface area contributed by atoms with Crippen molar-refractivity contribution in [1.82, 2.24) is 4.98 Å². The number of pyridine rings is 1. The number of hydrogen-bond donors (Lipinski definition) is 1. The van der Waals surface area contributed by atoms with Crippen LogP contribution in [0, 0.1) is 27.4 Å². The topological polar surface area (TPSA) is 103 Å². The van der Waals surface area contributed by atoms with E-state index in [1.54, 1.807) is 19.1 Å². The molecule has 106 valence electrons. The van der Waals surface area contributed by atoms with Crippen LogP contribution in [0.1, 0.15) is 25.5 Å². The second-order valence-corrected chi connectivity index (χ2v) is 4.97. The standard InChI is InChI=1S/C13H16N4O3/c1-9(18)10-4-6-16(7-5-10)13-3-2-12(17(19)20)11(8-14)15-13/h2-3,9-10,18H,4-7H2,1H3. The molecule has 1 saturated heterocycles. The quantitative estimate of drug-likeness (QED) is 0.662. The van der Waals surface area contributed by atoms with Crippen molar-refractivity contribution >= 4 is 11.5 Å². The Bertz CT molecular complexity index is 545. The van der Waals surface area contributed by atoms with Gasteiger partial charge >= 0.3 is 5.69 Å². The highest BCUT2D eigenvalue weighted by atomic mass is 16.6. The van der Waals surface area contributed by atoms with Gasteiger partial charge in [0, 0.05) is 19.2 Å². The van der Waals surface area contributed by atoms with E-state index in [4.69, 9.17) is 5.26 Å². The maximum Gasteiger partial charge on any atom is 0.305 e. The number of piperidine rings is 1. The van der Waals surface area contributed by atoms with Gasteiger partial charge in [0.05, 0.1) is 11.0 Å². The molecule has 1 aliphatic heterocycles. The maximum atomic E-state index is 10.8. The van der Waals surface area contributed by atoms with Gasteiger partial charge in [-0.05, 0) is 31.7 Å². The van der Waals surface area contributed by atoms with E-state index in [9.17, 15) is 15.2 Å². The molecule has 1 N–H and O–H groups in total. The van der Waals surface area contributed by atoms with Gasteiger partial charge in [0.15, 0.2) is 0 Å². The summed E-state index contributed by atoms with van der Waals surface area (Å²) in [7, 11) is 0. The van der Waals surface area contributed by atoms with Gasteiger partial charge < -0.3 is 10.0 Å². The molecule has 1 aromatic rings. The van der Waals surface area contributed by atoms with Crippen molar-refractivity contribution in [2.24, 2.45) is 5.92 Å². The average Bonchev–Trinajstić information content (AvgIpc) is 2.46. The Hall–Kier alpha value is -2.20. The summed E-state index contributed by atoms with van der Waals surface area (Å²) in [5.74, 6) is 0.857. The van der Waals surface area contributed by atoms with Gasteiger partial charge in [0.25, 0.3) is 0 Å². The largest absolute Gasteiger partial charge is 0.393 e. The Morgan fingerprint density at radius 2 is 2.20 bits per heavy atom. The smallest absolute Gasteiger partial charge is 0.305 e. The summed E-state index contributed by atoms with van der Waals surface area (Å²) in [5.41, 5.74) is -0.430. The molecular formula is C13H16N4O3. The van der Waals surface area contributed by atoms with Crippen molar-refractivity contribution in [2.75, 3.05) is 18.0 Å². The molecule has 0 amide bonds. The lowest BCUT2D eigenvalue weighted by Crippen LogP contribution is -2.37. The molecule has 0 bridgehead atoms. The molecule has 0 aliphatic carbocycles. The molecule has 20 heavy (non-hydrogen) atoms. The highest BCUT2D eigenvalue weighted by molar-refractivity contribution is 5.51. The zero-order chi connectivity index (χ0) is 14.7. The fraction of sp³-hybridized carbons (Fsp3) is 0.538. The minimum Gasteiger partial charge on any atom is -0.393 e. The summed E-state index contributed by atoms with van der Waals surface area (Å²) in [4.78, 5) is 16.2. The third-order valence-corrected chi connectivity index (χ3v) is 3.71. The lowest BCUT2D eigenvalue weighted by atomic mass is 9.92. The molecular weight excluding hydrogens is 260 g/mol. The summed E-state index contributed by atoms with van der Waals surface area (Å²) < 4.78 is 0. The Balaban J connectivity index is 2.15. The third-order valence-electron chi connectivity index (χ3n) is 3.71. The monoisotopic (exact) mass is 276 g/mol. The summed E-state index contributed by atoms with van der Waals surface area (Å²) in [5, 5.41) is 29.3. The van der Waals surface area contributed by atoms with E-state index in [2.05, 4.69) is 4.98 Å². The SMILES string of the molecule is CC(O)C1CCN(c2ccc([N+](=O)[O-])c(C#N)n2)CC1. The molecule has 7 heteroatoms. The molecule has 1 fully saturated rings. The summed E-state index contributed by atoms with van der Waals surface area (Å²) in [6, 6.07) is 4.66. The minimum atomic E-state index is -0.602. The highest BCUT2D eigenvalue weighted by Crippen LogP contribution is 2.26. The van der Waals surface area contributed by atoms with Gasteiger partial charge in [-0.25, -0.2) is 4.98 Å². The van der Waals surface area contributed by atoms with Crippen LogP contribution < -0.4 is 4.90 Å². The minimum absolute atomic E-state index is 0.162. The first-order chi connectivity index (χ1) is 9.52. The van der Waals surface area contributed by atoms with Crippen molar-refractivity contribution in [3.8, 4) is 6.07 Å². The maximum absolute atomic E-state index is 10.8. The predicted octanol–water partition coefficient (Wildman–Crippen LogP) is 1.46. The van der Waals surface area contributed by atoms with E-state index in [-0.39, 0.29) is 23.4 Å². The Kier molecular flexibility index (Phi) is 4.15. The Morgan fingerprint density at radius 3 is 2.70 bits per heavy atom. The first-order valence-corrected chi connectivity index (χ1v) is 6.51. The molecule has 2 heterocycles. The number of nitrogens with zero attached hydrogens (tertiary/aromatic N) is 4. The summed E-state index contributed by atoms with van der Waals surface area (Å²) in [6.45, 7) is 3.24. The van der Waals surface area contributed by atoms with Crippen LogP contribution in [0.4, 0.5) is 11.5 Å². The number of nitriles is 1. The van der Waals surface area contributed by atoms with Crippen molar-refractivity contribution in [2.45, 2.75) is 25.9 Å². The molecule has 1 atom stereocenters. The number of hydrogen-bond acceptors (Lipinski definition) is 6. The van der Waals surface area contributed by atoms with E-state index in [1.807, 2.05) is 4.90 Å². The van der Waals surface area contributed by atoms with Crippen LogP contribution in [0.25, 0.3) is 0 Å². The molecule has 1 unspecified atom stereocenters. The van der Waals surface area contributed by atoms with Crippen LogP contribution in [-0.2, 0) is 0 Å². The summed E-state index contributed by atoms with van der Waals surface area (Å²) in [6.07, 6.45) is 1.37. The van der Waals surface area contributed by atoms with Gasteiger partial charge in [-0.2, -0.15) is 5.26 Å². The zero-order valence-corrected chi connectivity index (χ0v) is 11.2. The Labute approximate surface area is 116 Å². The van der Waals surface area contributed by atoms with Crippen LogP contribution in [-0.4, -0.2) is 34.2 Å². The number of anilines is 1. The van der Waals surface area contributed by atoms with Crippen LogP contribution >= 0.6 is 0 Å². The number of rotatable bonds is 3. The van der Waals surface area contributed by atoms with Crippen molar-refractivity contribution in [1.29, 1.82) is 5.26 Å². The normalized spacial score (nSPS) is 17.6. The zero-order valence-electron chi connectivity index (χ0n) is 11.2. The highest BCUT2D eigenvalue weighted by Gasteiger charge is 2.24. The molecule has 0 aromatic carbocycles. The average molecular weight is 276 g/mol. The first-order valence-electron chi connectivity index (χ1n) is 6.51. The number of aromatic nitrogens is 1. The molecule has 7 nitrogen and oxygen atoms in total. The van der Waals surface area contributed by atoms with Crippen molar-refractivity contribution in [3.63, 3.8) is 0 Å². The number of aliphatic hydroxyl groups is 1. The van der Waals surface area contributed by atoms with E-state index < -0.39 is 4.92 Å². The van der Waals surface area contributed by atoms with Crippen LogP contribution in [0.3, 0.4) is 0 Å². The third kappa shape index (κ3) is 2.86. The van der Waals surface area contributed by atoms with E-state index in [0.29, 0.717) is 5.82 Å². The first kappa shape index (κ1) is 14.2. The number of aliphatic hydroxyl groups excluding tert-OH is 1. The second kappa shape index (κ2) is 5.84. The molecule has 1 aliphatic rings. The molecule has 0 radical (unpaired) electrons. The second-order valence-electron chi connectivity index (χ2n) is 4.97. The van der Waals surface area contributed by atoms with E-state index >= 15 is 0 Å². The van der Waals surface area contributed by atoms with Crippen molar-refractivity contribution < 1.29 is 10.0 Å². The van der Waals surface area contributed by atoms with E-state index in [0.717, 1.165) is 25.9 Å². The molecule has 1 aromatic heterocycles. The molecule has 2 rings (SSSR count). The summed E-state index contributed by atoms with van der Waals surface area (Å²) >= 11 is 0. The van der Waals surface area contributed by atoms with Gasteiger partial charge in [0.1, 0.15) is 11.9 Å². The molecule has 0 spiro atoms.